The van der Waals surface area contributed by atoms with E-state index in [1.807, 2.05) is 0 Å². The van der Waals surface area contributed by atoms with Crippen molar-refractivity contribution in [3.05, 3.63) is 38.9 Å². The standard InChI is InChI=1S/C11H15ClN2O4S/c1-8(13)4-5-19(17,18)7-9-2-3-10(14(15)16)6-11(9)12/h2-3,6,8H,4-5,7,13H2,1H3. The molecule has 1 unspecified atom stereocenters. The minimum atomic E-state index is -3.32. The fraction of sp³-hybridized carbons (Fsp3) is 0.455. The van der Waals surface area contributed by atoms with Gasteiger partial charge in [-0.25, -0.2) is 8.42 Å². The highest BCUT2D eigenvalue weighted by atomic mass is 35.5. The van der Waals surface area contributed by atoms with Crippen LogP contribution in [0.1, 0.15) is 18.9 Å². The molecule has 0 saturated carbocycles. The van der Waals surface area contributed by atoms with Crippen molar-refractivity contribution < 1.29 is 13.3 Å². The SMILES string of the molecule is CC(N)CCS(=O)(=O)Cc1ccc([N+](=O)[O-])cc1Cl. The van der Waals surface area contributed by atoms with Crippen molar-refractivity contribution in [1.82, 2.24) is 0 Å². The molecule has 0 bridgehead atoms. The zero-order valence-corrected chi connectivity index (χ0v) is 11.9. The molecule has 1 aromatic carbocycles. The number of nitrogens with zero attached hydrogens (tertiary/aromatic N) is 1. The summed E-state index contributed by atoms with van der Waals surface area (Å²) in [5.41, 5.74) is 5.70. The number of nitrogens with two attached hydrogens (primary N) is 1. The molecular formula is C11H15ClN2O4S. The van der Waals surface area contributed by atoms with Crippen LogP contribution in [0.4, 0.5) is 5.69 Å². The number of nitro benzene ring substituents is 1. The molecular weight excluding hydrogens is 292 g/mol. The normalized spacial score (nSPS) is 13.2. The number of sulfone groups is 1. The summed E-state index contributed by atoms with van der Waals surface area (Å²) in [6.45, 7) is 1.73. The van der Waals surface area contributed by atoms with E-state index in [0.29, 0.717) is 12.0 Å². The molecule has 0 aliphatic carbocycles. The molecule has 2 N–H and O–H groups in total. The van der Waals surface area contributed by atoms with Crippen molar-refractivity contribution in [3.8, 4) is 0 Å². The lowest BCUT2D eigenvalue weighted by atomic mass is 10.2. The van der Waals surface area contributed by atoms with Crippen LogP contribution in [0.2, 0.25) is 5.02 Å². The molecule has 8 heteroatoms. The third kappa shape index (κ3) is 5.14. The Labute approximate surface area is 116 Å². The molecule has 0 saturated heterocycles. The zero-order chi connectivity index (χ0) is 14.6. The summed E-state index contributed by atoms with van der Waals surface area (Å²) in [7, 11) is -3.32. The minimum absolute atomic E-state index is 0.0298. The van der Waals surface area contributed by atoms with Gasteiger partial charge in [-0.05, 0) is 25.0 Å². The van der Waals surface area contributed by atoms with Crippen molar-refractivity contribution in [3.63, 3.8) is 0 Å². The van der Waals surface area contributed by atoms with Gasteiger partial charge in [0.05, 0.1) is 21.5 Å². The van der Waals surface area contributed by atoms with Gasteiger partial charge in [-0.3, -0.25) is 10.1 Å². The first-order valence-corrected chi connectivity index (χ1v) is 7.80. The first kappa shape index (κ1) is 15.9. The lowest BCUT2D eigenvalue weighted by Crippen LogP contribution is -2.20. The number of nitro groups is 1. The molecule has 19 heavy (non-hydrogen) atoms. The number of halogens is 1. The van der Waals surface area contributed by atoms with Crippen LogP contribution in [0.3, 0.4) is 0 Å². The minimum Gasteiger partial charge on any atom is -0.328 e. The first-order valence-electron chi connectivity index (χ1n) is 5.60. The molecule has 0 aliphatic heterocycles. The molecule has 1 aromatic rings. The van der Waals surface area contributed by atoms with Gasteiger partial charge in [-0.2, -0.15) is 0 Å². The molecule has 0 spiro atoms. The Kier molecular flexibility index (Phi) is 5.28. The summed E-state index contributed by atoms with van der Waals surface area (Å²) in [5.74, 6) is -0.269. The van der Waals surface area contributed by atoms with E-state index in [-0.39, 0.29) is 28.3 Å². The van der Waals surface area contributed by atoms with Crippen LogP contribution in [-0.2, 0) is 15.6 Å². The van der Waals surface area contributed by atoms with Gasteiger partial charge >= 0.3 is 0 Å². The summed E-state index contributed by atoms with van der Waals surface area (Å²) >= 11 is 5.85. The van der Waals surface area contributed by atoms with E-state index >= 15 is 0 Å². The lowest BCUT2D eigenvalue weighted by molar-refractivity contribution is -0.384. The molecule has 0 amide bonds. The Bertz CT molecular complexity index is 572. The van der Waals surface area contributed by atoms with Gasteiger partial charge in [0.2, 0.25) is 0 Å². The van der Waals surface area contributed by atoms with Gasteiger partial charge in [0.15, 0.2) is 9.84 Å². The smallest absolute Gasteiger partial charge is 0.270 e. The Morgan fingerprint density at radius 1 is 1.47 bits per heavy atom. The van der Waals surface area contributed by atoms with Gasteiger partial charge in [0.25, 0.3) is 5.69 Å². The van der Waals surface area contributed by atoms with Gasteiger partial charge < -0.3 is 5.73 Å². The van der Waals surface area contributed by atoms with Crippen molar-refractivity contribution in [1.29, 1.82) is 0 Å². The van der Waals surface area contributed by atoms with Crippen LogP contribution in [-0.4, -0.2) is 25.1 Å². The molecule has 1 atom stereocenters. The fourth-order valence-electron chi connectivity index (χ4n) is 1.44. The van der Waals surface area contributed by atoms with Crippen LogP contribution in [0.5, 0.6) is 0 Å². The van der Waals surface area contributed by atoms with Crippen molar-refractivity contribution >= 4 is 27.1 Å². The number of hydrogen-bond acceptors (Lipinski definition) is 5. The Morgan fingerprint density at radius 2 is 2.11 bits per heavy atom. The molecule has 0 aromatic heterocycles. The maximum Gasteiger partial charge on any atom is 0.270 e. The van der Waals surface area contributed by atoms with Crippen LogP contribution in [0, 0.1) is 10.1 Å². The van der Waals surface area contributed by atoms with Crippen LogP contribution in [0.15, 0.2) is 18.2 Å². The number of benzene rings is 1. The molecule has 0 fully saturated rings. The Balaban J connectivity index is 2.85. The third-order valence-electron chi connectivity index (χ3n) is 2.51. The third-order valence-corrected chi connectivity index (χ3v) is 4.47. The zero-order valence-electron chi connectivity index (χ0n) is 10.4. The molecule has 106 valence electrons. The Hall–Kier alpha value is -1.18. The predicted octanol–water partition coefficient (Wildman–Crippen LogP) is 1.90. The second-order valence-corrected chi connectivity index (χ2v) is 6.98. The largest absolute Gasteiger partial charge is 0.328 e. The van der Waals surface area contributed by atoms with E-state index in [0.717, 1.165) is 6.07 Å². The van der Waals surface area contributed by atoms with Crippen LogP contribution >= 0.6 is 11.6 Å². The summed E-state index contributed by atoms with van der Waals surface area (Å²) in [6.07, 6.45) is 0.368. The van der Waals surface area contributed by atoms with E-state index in [1.54, 1.807) is 6.92 Å². The molecule has 0 radical (unpaired) electrons. The van der Waals surface area contributed by atoms with Gasteiger partial charge in [-0.1, -0.05) is 11.6 Å². The van der Waals surface area contributed by atoms with Crippen molar-refractivity contribution in [2.24, 2.45) is 5.73 Å². The Morgan fingerprint density at radius 3 is 2.58 bits per heavy atom. The molecule has 0 aliphatic rings. The van der Waals surface area contributed by atoms with Crippen LogP contribution < -0.4 is 5.73 Å². The highest BCUT2D eigenvalue weighted by Gasteiger charge is 2.17. The predicted molar refractivity (Wildman–Crippen MR) is 73.9 cm³/mol. The second-order valence-electron chi connectivity index (χ2n) is 4.39. The maximum atomic E-state index is 11.8. The molecule has 1 rings (SSSR count). The average Bonchev–Trinajstić information content (AvgIpc) is 2.29. The quantitative estimate of drug-likeness (QED) is 0.638. The highest BCUT2D eigenvalue weighted by molar-refractivity contribution is 7.90. The van der Waals surface area contributed by atoms with E-state index in [2.05, 4.69) is 0 Å². The number of non-ortho nitro benzene ring substituents is 1. The second kappa shape index (κ2) is 6.31. The topological polar surface area (TPSA) is 103 Å². The summed E-state index contributed by atoms with van der Waals surface area (Å²) in [5, 5.41) is 10.6. The van der Waals surface area contributed by atoms with E-state index < -0.39 is 14.8 Å². The maximum absolute atomic E-state index is 11.8. The van der Waals surface area contributed by atoms with Gasteiger partial charge in [-0.15, -0.1) is 0 Å². The van der Waals surface area contributed by atoms with Crippen molar-refractivity contribution in [2.45, 2.75) is 25.1 Å². The summed E-state index contributed by atoms with van der Waals surface area (Å²) in [6, 6.07) is 3.56. The summed E-state index contributed by atoms with van der Waals surface area (Å²) < 4.78 is 23.7. The van der Waals surface area contributed by atoms with Gasteiger partial charge in [0.1, 0.15) is 0 Å². The monoisotopic (exact) mass is 306 g/mol. The lowest BCUT2D eigenvalue weighted by Gasteiger charge is -2.08. The van der Waals surface area contributed by atoms with Crippen molar-refractivity contribution in [2.75, 3.05) is 5.75 Å². The summed E-state index contributed by atoms with van der Waals surface area (Å²) in [4.78, 5) is 9.96. The van der Waals surface area contributed by atoms with Gasteiger partial charge in [0, 0.05) is 18.2 Å². The number of rotatable bonds is 6. The first-order chi connectivity index (χ1) is 8.71. The van der Waals surface area contributed by atoms with E-state index in [9.17, 15) is 18.5 Å². The molecule has 6 nitrogen and oxygen atoms in total. The average molecular weight is 307 g/mol. The highest BCUT2D eigenvalue weighted by Crippen LogP contribution is 2.24. The number of hydrogen-bond donors (Lipinski definition) is 1. The van der Waals surface area contributed by atoms with E-state index in [1.165, 1.54) is 12.1 Å². The fourth-order valence-corrected chi connectivity index (χ4v) is 3.36. The molecule has 0 heterocycles. The van der Waals surface area contributed by atoms with E-state index in [4.69, 9.17) is 17.3 Å². The van der Waals surface area contributed by atoms with Crippen LogP contribution in [0.25, 0.3) is 0 Å².